The normalized spacial score (nSPS) is 11.3. The fourth-order valence-electron chi connectivity index (χ4n) is 2.27. The van der Waals surface area contributed by atoms with Crippen molar-refractivity contribution in [3.63, 3.8) is 0 Å². The van der Waals surface area contributed by atoms with Gasteiger partial charge >= 0.3 is 0 Å². The van der Waals surface area contributed by atoms with E-state index in [0.717, 1.165) is 0 Å². The number of hydrogen-bond acceptors (Lipinski definition) is 5. The predicted molar refractivity (Wildman–Crippen MR) is 106 cm³/mol. The molecule has 2 rings (SSSR count). The number of nitrogens with one attached hydrogen (secondary N) is 2. The quantitative estimate of drug-likeness (QED) is 0.664. The second kappa shape index (κ2) is 10.1. The summed E-state index contributed by atoms with van der Waals surface area (Å²) in [4.78, 5) is 24.2. The summed E-state index contributed by atoms with van der Waals surface area (Å²) in [6, 6.07) is 9.79. The van der Waals surface area contributed by atoms with Crippen molar-refractivity contribution in [2.24, 2.45) is 0 Å². The first-order valence-corrected chi connectivity index (χ1v) is 9.01. The van der Waals surface area contributed by atoms with Gasteiger partial charge in [0.2, 0.25) is 5.91 Å². The number of carbonyl (C=O) groups is 2. The van der Waals surface area contributed by atoms with E-state index in [4.69, 9.17) is 37.4 Å². The standard InChI is InChI=1S/C19H20Cl2N2O5/c1-11(28-15-7-5-13(20)10-14(15)21)19(25)23-22-18(24)9-12-4-6-16(26-2)17(8-12)27-3/h4-8,10-11H,9H2,1-3H3,(H,22,24)(H,23,25). The van der Waals surface area contributed by atoms with Crippen LogP contribution in [0.15, 0.2) is 36.4 Å². The molecule has 28 heavy (non-hydrogen) atoms. The maximum atomic E-state index is 12.1. The summed E-state index contributed by atoms with van der Waals surface area (Å²) in [6.07, 6.45) is -0.848. The molecule has 0 radical (unpaired) electrons. The van der Waals surface area contributed by atoms with Crippen LogP contribution in [0.5, 0.6) is 17.2 Å². The molecule has 0 saturated heterocycles. The molecule has 0 aromatic heterocycles. The lowest BCUT2D eigenvalue weighted by Crippen LogP contribution is -2.47. The van der Waals surface area contributed by atoms with E-state index in [0.29, 0.717) is 27.8 Å². The lowest BCUT2D eigenvalue weighted by atomic mass is 10.1. The molecule has 2 N–H and O–H groups in total. The average Bonchev–Trinajstić information content (AvgIpc) is 2.68. The SMILES string of the molecule is COc1ccc(CC(=O)NNC(=O)C(C)Oc2ccc(Cl)cc2Cl)cc1OC. The predicted octanol–water partition coefficient (Wildman–Crippen LogP) is 3.17. The molecular weight excluding hydrogens is 407 g/mol. The van der Waals surface area contributed by atoms with Crippen molar-refractivity contribution in [3.8, 4) is 17.2 Å². The number of hydrogen-bond donors (Lipinski definition) is 2. The lowest BCUT2D eigenvalue weighted by molar-refractivity contribution is -0.132. The minimum atomic E-state index is -0.889. The van der Waals surface area contributed by atoms with Gasteiger partial charge in [0, 0.05) is 5.02 Å². The van der Waals surface area contributed by atoms with Gasteiger partial charge in [-0.15, -0.1) is 0 Å². The van der Waals surface area contributed by atoms with Gasteiger partial charge in [0.05, 0.1) is 25.7 Å². The Labute approximate surface area is 172 Å². The van der Waals surface area contributed by atoms with Gasteiger partial charge in [-0.2, -0.15) is 0 Å². The van der Waals surface area contributed by atoms with E-state index in [1.54, 1.807) is 30.3 Å². The second-order valence-corrected chi connectivity index (χ2v) is 6.58. The van der Waals surface area contributed by atoms with Gasteiger partial charge in [0.1, 0.15) is 5.75 Å². The molecule has 7 nitrogen and oxygen atoms in total. The van der Waals surface area contributed by atoms with Crippen molar-refractivity contribution in [2.75, 3.05) is 14.2 Å². The van der Waals surface area contributed by atoms with E-state index in [1.807, 2.05) is 0 Å². The molecule has 0 bridgehead atoms. The zero-order chi connectivity index (χ0) is 20.7. The van der Waals surface area contributed by atoms with Crippen molar-refractivity contribution >= 4 is 35.0 Å². The molecule has 1 atom stereocenters. The summed E-state index contributed by atoms with van der Waals surface area (Å²) < 4.78 is 15.8. The Bertz CT molecular complexity index is 860. The molecule has 0 aliphatic rings. The van der Waals surface area contributed by atoms with Gasteiger partial charge in [-0.3, -0.25) is 20.4 Å². The third-order valence-corrected chi connectivity index (χ3v) is 4.24. The van der Waals surface area contributed by atoms with Crippen LogP contribution >= 0.6 is 23.2 Å². The number of benzene rings is 2. The highest BCUT2D eigenvalue weighted by Crippen LogP contribution is 2.28. The molecule has 2 aromatic carbocycles. The van der Waals surface area contributed by atoms with E-state index in [2.05, 4.69) is 10.9 Å². The van der Waals surface area contributed by atoms with Crippen LogP contribution in [0.1, 0.15) is 12.5 Å². The van der Waals surface area contributed by atoms with Crippen LogP contribution < -0.4 is 25.1 Å². The van der Waals surface area contributed by atoms with Crippen LogP contribution in [0, 0.1) is 0 Å². The van der Waals surface area contributed by atoms with Gasteiger partial charge in [0.25, 0.3) is 5.91 Å². The number of ether oxygens (including phenoxy) is 3. The molecule has 0 aliphatic heterocycles. The molecule has 2 aromatic rings. The average molecular weight is 427 g/mol. The molecule has 150 valence electrons. The molecule has 0 aliphatic carbocycles. The summed E-state index contributed by atoms with van der Waals surface area (Å²) in [6.45, 7) is 1.53. The topological polar surface area (TPSA) is 85.9 Å². The van der Waals surface area contributed by atoms with Crippen LogP contribution in [0.2, 0.25) is 10.0 Å². The van der Waals surface area contributed by atoms with Crippen LogP contribution in [0.4, 0.5) is 0 Å². The minimum absolute atomic E-state index is 0.0406. The Hall–Kier alpha value is -2.64. The Morgan fingerprint density at radius 1 is 0.964 bits per heavy atom. The molecule has 2 amide bonds. The number of carbonyl (C=O) groups excluding carboxylic acids is 2. The Kier molecular flexibility index (Phi) is 7.78. The first-order chi connectivity index (χ1) is 13.3. The fraction of sp³-hybridized carbons (Fsp3) is 0.263. The molecule has 0 saturated carbocycles. The van der Waals surface area contributed by atoms with E-state index in [-0.39, 0.29) is 11.4 Å². The molecule has 9 heteroatoms. The van der Waals surface area contributed by atoms with Crippen LogP contribution in [0.25, 0.3) is 0 Å². The zero-order valence-electron chi connectivity index (χ0n) is 15.5. The van der Waals surface area contributed by atoms with Gasteiger partial charge < -0.3 is 14.2 Å². The molecule has 0 fully saturated rings. The second-order valence-electron chi connectivity index (χ2n) is 5.74. The summed E-state index contributed by atoms with van der Waals surface area (Å²) in [5.74, 6) is 0.444. The summed E-state index contributed by atoms with van der Waals surface area (Å²) in [7, 11) is 3.04. The van der Waals surface area contributed by atoms with Crippen molar-refractivity contribution in [1.29, 1.82) is 0 Å². The number of halogens is 2. The van der Waals surface area contributed by atoms with Crippen LogP contribution in [-0.4, -0.2) is 32.1 Å². The summed E-state index contributed by atoms with van der Waals surface area (Å²) >= 11 is 11.8. The lowest BCUT2D eigenvalue weighted by Gasteiger charge is -2.16. The Balaban J connectivity index is 1.87. The maximum Gasteiger partial charge on any atom is 0.279 e. The van der Waals surface area contributed by atoms with Gasteiger partial charge in [0.15, 0.2) is 17.6 Å². The highest BCUT2D eigenvalue weighted by atomic mass is 35.5. The Morgan fingerprint density at radius 2 is 1.64 bits per heavy atom. The highest BCUT2D eigenvalue weighted by molar-refractivity contribution is 6.35. The maximum absolute atomic E-state index is 12.1. The third-order valence-electron chi connectivity index (χ3n) is 3.70. The first kappa shape index (κ1) is 21.7. The molecular formula is C19H20Cl2N2O5. The number of hydrazine groups is 1. The monoisotopic (exact) mass is 426 g/mol. The van der Waals surface area contributed by atoms with Gasteiger partial charge in [-0.05, 0) is 42.8 Å². The number of rotatable bonds is 7. The summed E-state index contributed by atoms with van der Waals surface area (Å²) in [5.41, 5.74) is 5.35. The molecule has 0 heterocycles. The zero-order valence-corrected chi connectivity index (χ0v) is 17.1. The molecule has 0 spiro atoms. The van der Waals surface area contributed by atoms with Crippen LogP contribution in [-0.2, 0) is 16.0 Å². The van der Waals surface area contributed by atoms with Crippen molar-refractivity contribution in [2.45, 2.75) is 19.4 Å². The van der Waals surface area contributed by atoms with Crippen molar-refractivity contribution in [3.05, 3.63) is 52.0 Å². The smallest absolute Gasteiger partial charge is 0.279 e. The van der Waals surface area contributed by atoms with E-state index in [1.165, 1.54) is 27.2 Å². The van der Waals surface area contributed by atoms with E-state index < -0.39 is 17.9 Å². The van der Waals surface area contributed by atoms with E-state index >= 15 is 0 Å². The molecule has 1 unspecified atom stereocenters. The van der Waals surface area contributed by atoms with Gasteiger partial charge in [-0.25, -0.2) is 0 Å². The largest absolute Gasteiger partial charge is 0.493 e. The van der Waals surface area contributed by atoms with Gasteiger partial charge in [-0.1, -0.05) is 29.3 Å². The number of methoxy groups -OCH3 is 2. The van der Waals surface area contributed by atoms with E-state index in [9.17, 15) is 9.59 Å². The van der Waals surface area contributed by atoms with Crippen molar-refractivity contribution in [1.82, 2.24) is 10.9 Å². The first-order valence-electron chi connectivity index (χ1n) is 8.25. The minimum Gasteiger partial charge on any atom is -0.493 e. The highest BCUT2D eigenvalue weighted by Gasteiger charge is 2.17. The third kappa shape index (κ3) is 5.94. The van der Waals surface area contributed by atoms with Crippen LogP contribution in [0.3, 0.4) is 0 Å². The Morgan fingerprint density at radius 3 is 2.29 bits per heavy atom. The fourth-order valence-corrected chi connectivity index (χ4v) is 2.72. The van der Waals surface area contributed by atoms with Crippen molar-refractivity contribution < 1.29 is 23.8 Å². The summed E-state index contributed by atoms with van der Waals surface area (Å²) in [5, 5.41) is 0.738. The number of amides is 2.